The molecule has 0 bridgehead atoms. The van der Waals surface area contributed by atoms with Gasteiger partial charge in [-0.2, -0.15) is 0 Å². The third-order valence-electron chi connectivity index (χ3n) is 2.55. The molecule has 2 nitrogen and oxygen atoms in total. The molecule has 0 spiro atoms. The zero-order valence-corrected chi connectivity index (χ0v) is 8.50. The Morgan fingerprint density at radius 1 is 1.54 bits per heavy atom. The largest absolute Gasteiger partial charge is 0.393 e. The van der Waals surface area contributed by atoms with E-state index in [4.69, 9.17) is 5.11 Å². The van der Waals surface area contributed by atoms with Crippen LogP contribution in [0.25, 0.3) is 0 Å². The number of aliphatic hydroxyl groups is 1. The van der Waals surface area contributed by atoms with Gasteiger partial charge in [-0.3, -0.25) is 0 Å². The van der Waals surface area contributed by atoms with Crippen molar-refractivity contribution in [3.05, 3.63) is 12.2 Å². The molecule has 0 saturated carbocycles. The van der Waals surface area contributed by atoms with Crippen molar-refractivity contribution in [2.24, 2.45) is 5.92 Å². The van der Waals surface area contributed by atoms with Gasteiger partial charge in [-0.15, -0.1) is 0 Å². The first-order chi connectivity index (χ1) is 6.29. The normalized spacial score (nSPS) is 24.6. The maximum absolute atomic E-state index is 9.04. The molecule has 13 heavy (non-hydrogen) atoms. The van der Waals surface area contributed by atoms with Gasteiger partial charge in [0.2, 0.25) is 0 Å². The lowest BCUT2D eigenvalue weighted by atomic mass is 9.94. The summed E-state index contributed by atoms with van der Waals surface area (Å²) < 4.78 is 0. The lowest BCUT2D eigenvalue weighted by molar-refractivity contribution is 0.183. The summed E-state index contributed by atoms with van der Waals surface area (Å²) in [5, 5.41) is 12.4. The standard InChI is InChI=1S/C11H21NO/c1-10(13)7-8-12-9-11-5-3-2-4-6-11/h2-3,10-13H,4-9H2,1H3/t10-,11-/m1/s1. The van der Waals surface area contributed by atoms with Gasteiger partial charge >= 0.3 is 0 Å². The minimum absolute atomic E-state index is 0.168. The zero-order valence-electron chi connectivity index (χ0n) is 8.50. The molecule has 0 aromatic heterocycles. The Labute approximate surface area is 81.0 Å². The fourth-order valence-electron chi connectivity index (χ4n) is 1.66. The highest BCUT2D eigenvalue weighted by Gasteiger charge is 2.08. The number of hydrogen-bond donors (Lipinski definition) is 2. The van der Waals surface area contributed by atoms with E-state index in [9.17, 15) is 0 Å². The minimum atomic E-state index is -0.168. The van der Waals surface area contributed by atoms with Gasteiger partial charge in [-0.25, -0.2) is 0 Å². The van der Waals surface area contributed by atoms with Gasteiger partial charge in [0.25, 0.3) is 0 Å². The first-order valence-corrected chi connectivity index (χ1v) is 5.33. The van der Waals surface area contributed by atoms with Crippen molar-refractivity contribution in [2.75, 3.05) is 13.1 Å². The van der Waals surface area contributed by atoms with Crippen molar-refractivity contribution in [2.45, 2.75) is 38.7 Å². The van der Waals surface area contributed by atoms with Crippen molar-refractivity contribution < 1.29 is 5.11 Å². The lowest BCUT2D eigenvalue weighted by Gasteiger charge is -2.18. The predicted octanol–water partition coefficient (Wildman–Crippen LogP) is 1.70. The molecule has 1 aliphatic carbocycles. The van der Waals surface area contributed by atoms with Gasteiger partial charge < -0.3 is 10.4 Å². The van der Waals surface area contributed by atoms with Crippen molar-refractivity contribution in [1.29, 1.82) is 0 Å². The Morgan fingerprint density at radius 3 is 3.00 bits per heavy atom. The third-order valence-corrected chi connectivity index (χ3v) is 2.55. The first-order valence-electron chi connectivity index (χ1n) is 5.33. The molecule has 1 rings (SSSR count). The lowest BCUT2D eigenvalue weighted by Crippen LogP contribution is -2.26. The van der Waals surface area contributed by atoms with Crippen molar-refractivity contribution in [3.63, 3.8) is 0 Å². The van der Waals surface area contributed by atoms with Gasteiger partial charge in [0.05, 0.1) is 6.10 Å². The van der Waals surface area contributed by atoms with E-state index in [0.717, 1.165) is 25.4 Å². The molecule has 0 radical (unpaired) electrons. The van der Waals surface area contributed by atoms with Crippen LogP contribution in [0.2, 0.25) is 0 Å². The van der Waals surface area contributed by atoms with Crippen molar-refractivity contribution in [1.82, 2.24) is 5.32 Å². The van der Waals surface area contributed by atoms with Gasteiger partial charge in [0.1, 0.15) is 0 Å². The Hall–Kier alpha value is -0.340. The summed E-state index contributed by atoms with van der Waals surface area (Å²) >= 11 is 0. The predicted molar refractivity (Wildman–Crippen MR) is 55.6 cm³/mol. The van der Waals surface area contributed by atoms with Crippen LogP contribution in [-0.4, -0.2) is 24.3 Å². The molecule has 76 valence electrons. The van der Waals surface area contributed by atoms with E-state index in [1.165, 1.54) is 19.3 Å². The molecule has 0 aromatic rings. The molecule has 2 N–H and O–H groups in total. The molecule has 2 heteroatoms. The third kappa shape index (κ3) is 5.06. The topological polar surface area (TPSA) is 32.3 Å². The Kier molecular flexibility index (Phi) is 5.09. The van der Waals surface area contributed by atoms with Crippen LogP contribution >= 0.6 is 0 Å². The first kappa shape index (κ1) is 10.7. The number of nitrogens with one attached hydrogen (secondary N) is 1. The van der Waals surface area contributed by atoms with Crippen LogP contribution in [0.4, 0.5) is 0 Å². The maximum Gasteiger partial charge on any atom is 0.0524 e. The van der Waals surface area contributed by atoms with Gasteiger partial charge in [0.15, 0.2) is 0 Å². The second kappa shape index (κ2) is 6.17. The van der Waals surface area contributed by atoms with E-state index in [2.05, 4.69) is 17.5 Å². The van der Waals surface area contributed by atoms with Crippen LogP contribution in [0.1, 0.15) is 32.6 Å². The van der Waals surface area contributed by atoms with E-state index in [1.54, 1.807) is 0 Å². The average Bonchev–Trinajstić information content (AvgIpc) is 2.14. The fourth-order valence-corrected chi connectivity index (χ4v) is 1.66. The maximum atomic E-state index is 9.04. The minimum Gasteiger partial charge on any atom is -0.393 e. The SMILES string of the molecule is C[C@@H](O)CCNC[C@@H]1CC=CCC1. The second-order valence-corrected chi connectivity index (χ2v) is 3.99. The number of allylic oxidation sites excluding steroid dienone is 2. The summed E-state index contributed by atoms with van der Waals surface area (Å²) in [6.07, 6.45) is 9.03. The Bertz CT molecular complexity index is 154. The van der Waals surface area contributed by atoms with E-state index in [-0.39, 0.29) is 6.10 Å². The van der Waals surface area contributed by atoms with E-state index < -0.39 is 0 Å². The Morgan fingerprint density at radius 2 is 2.38 bits per heavy atom. The van der Waals surface area contributed by atoms with Gasteiger partial charge in [0, 0.05) is 0 Å². The van der Waals surface area contributed by atoms with Crippen molar-refractivity contribution in [3.8, 4) is 0 Å². The summed E-state index contributed by atoms with van der Waals surface area (Å²) in [5.74, 6) is 0.819. The number of aliphatic hydroxyl groups excluding tert-OH is 1. The molecule has 1 aliphatic rings. The van der Waals surface area contributed by atoms with Gasteiger partial charge in [-0.1, -0.05) is 12.2 Å². The molecule has 0 saturated heterocycles. The quantitative estimate of drug-likeness (QED) is 0.502. The van der Waals surface area contributed by atoms with Crippen LogP contribution in [0.3, 0.4) is 0 Å². The van der Waals surface area contributed by atoms with Crippen LogP contribution in [0.5, 0.6) is 0 Å². The van der Waals surface area contributed by atoms with Crippen LogP contribution in [0, 0.1) is 5.92 Å². The van der Waals surface area contributed by atoms with E-state index in [0.29, 0.717) is 0 Å². The molecule has 0 heterocycles. The second-order valence-electron chi connectivity index (χ2n) is 3.99. The summed E-state index contributed by atoms with van der Waals surface area (Å²) in [5.41, 5.74) is 0. The Balaban J connectivity index is 1.96. The highest BCUT2D eigenvalue weighted by molar-refractivity contribution is 4.90. The summed E-state index contributed by atoms with van der Waals surface area (Å²) in [6.45, 7) is 3.89. The fraction of sp³-hybridized carbons (Fsp3) is 0.818. The van der Waals surface area contributed by atoms with Gasteiger partial charge in [-0.05, 0) is 51.6 Å². The van der Waals surface area contributed by atoms with E-state index >= 15 is 0 Å². The zero-order chi connectivity index (χ0) is 9.52. The monoisotopic (exact) mass is 183 g/mol. The number of rotatable bonds is 5. The molecule has 0 aromatic carbocycles. The van der Waals surface area contributed by atoms with Crippen molar-refractivity contribution >= 4 is 0 Å². The molecule has 2 atom stereocenters. The molecule has 0 fully saturated rings. The highest BCUT2D eigenvalue weighted by atomic mass is 16.3. The molecule has 0 amide bonds. The van der Waals surface area contributed by atoms with E-state index in [1.807, 2.05) is 6.92 Å². The summed E-state index contributed by atoms with van der Waals surface area (Å²) in [7, 11) is 0. The molecule has 0 unspecified atom stereocenters. The average molecular weight is 183 g/mol. The molecule has 0 aliphatic heterocycles. The molecular formula is C11H21NO. The summed E-state index contributed by atoms with van der Waals surface area (Å²) in [4.78, 5) is 0. The number of hydrogen-bond acceptors (Lipinski definition) is 2. The molecular weight excluding hydrogens is 162 g/mol. The van der Waals surface area contributed by atoms with Crippen LogP contribution < -0.4 is 5.32 Å². The summed E-state index contributed by atoms with van der Waals surface area (Å²) in [6, 6.07) is 0. The highest BCUT2D eigenvalue weighted by Crippen LogP contribution is 2.16. The van der Waals surface area contributed by atoms with Crippen LogP contribution in [0.15, 0.2) is 12.2 Å². The van der Waals surface area contributed by atoms with Crippen LogP contribution in [-0.2, 0) is 0 Å². The smallest absolute Gasteiger partial charge is 0.0524 e.